The molecule has 2 aliphatic rings. The van der Waals surface area contributed by atoms with Crippen molar-refractivity contribution in [3.63, 3.8) is 0 Å². The summed E-state index contributed by atoms with van der Waals surface area (Å²) in [5.74, 6) is 0.999. The molecule has 2 aliphatic heterocycles. The molecule has 176 valence electrons. The summed E-state index contributed by atoms with van der Waals surface area (Å²) < 4.78 is 37.7. The van der Waals surface area contributed by atoms with Crippen molar-refractivity contribution >= 4 is 26.8 Å². The van der Waals surface area contributed by atoms with E-state index in [4.69, 9.17) is 9.47 Å². The van der Waals surface area contributed by atoms with Gasteiger partial charge in [0.1, 0.15) is 16.3 Å². The number of amides is 1. The highest BCUT2D eigenvalue weighted by Gasteiger charge is 2.30. The third-order valence-electron chi connectivity index (χ3n) is 6.64. The van der Waals surface area contributed by atoms with Gasteiger partial charge in [-0.25, -0.2) is 8.42 Å². The largest absolute Gasteiger partial charge is 0.497 e. The Bertz CT molecular complexity index is 1250. The average molecular weight is 473 g/mol. The third-order valence-corrected chi connectivity index (χ3v) is 8.51. The number of sulfonamides is 1. The molecule has 9 nitrogen and oxygen atoms in total. The SMILES string of the molecule is COc1ccc2[nH]cc(C3CCN(C(=O)c4cc(S(=O)(=O)N5CCOCC5)c[nH]4)CC3)c2c1. The van der Waals surface area contributed by atoms with Gasteiger partial charge in [-0.2, -0.15) is 4.31 Å². The van der Waals surface area contributed by atoms with Crippen molar-refractivity contribution in [1.82, 2.24) is 19.2 Å². The molecule has 4 heterocycles. The molecule has 10 heteroatoms. The molecule has 1 aromatic carbocycles. The number of H-pyrrole nitrogens is 2. The number of aromatic amines is 2. The van der Waals surface area contributed by atoms with Crippen LogP contribution in [0.3, 0.4) is 0 Å². The van der Waals surface area contributed by atoms with Crippen molar-refractivity contribution in [3.05, 3.63) is 47.9 Å². The van der Waals surface area contributed by atoms with E-state index in [2.05, 4.69) is 16.2 Å². The first-order valence-electron chi connectivity index (χ1n) is 11.2. The highest BCUT2D eigenvalue weighted by atomic mass is 32.2. The van der Waals surface area contributed by atoms with Crippen LogP contribution in [0.1, 0.15) is 34.8 Å². The van der Waals surface area contributed by atoms with Crippen LogP contribution in [-0.2, 0) is 14.8 Å². The van der Waals surface area contributed by atoms with Gasteiger partial charge < -0.3 is 24.3 Å². The predicted molar refractivity (Wildman–Crippen MR) is 123 cm³/mol. The Morgan fingerprint density at radius 2 is 1.82 bits per heavy atom. The lowest BCUT2D eigenvalue weighted by molar-refractivity contribution is 0.0707. The summed E-state index contributed by atoms with van der Waals surface area (Å²) in [5.41, 5.74) is 2.62. The Hall–Kier alpha value is -2.82. The Labute approximate surface area is 192 Å². The molecule has 0 unspecified atom stereocenters. The fourth-order valence-electron chi connectivity index (χ4n) is 4.73. The van der Waals surface area contributed by atoms with Gasteiger partial charge in [-0.05, 0) is 48.6 Å². The van der Waals surface area contributed by atoms with E-state index in [0.717, 1.165) is 29.5 Å². The summed E-state index contributed by atoms with van der Waals surface area (Å²) in [6, 6.07) is 7.46. The number of nitrogens with zero attached hydrogens (tertiary/aromatic N) is 2. The Morgan fingerprint density at radius 1 is 1.06 bits per heavy atom. The molecule has 0 atom stereocenters. The van der Waals surface area contributed by atoms with Crippen molar-refractivity contribution in [2.75, 3.05) is 46.5 Å². The fourth-order valence-corrected chi connectivity index (χ4v) is 6.14. The second kappa shape index (κ2) is 8.85. The van der Waals surface area contributed by atoms with Crippen LogP contribution in [0.15, 0.2) is 41.6 Å². The Morgan fingerprint density at radius 3 is 2.55 bits per heavy atom. The van der Waals surface area contributed by atoms with Gasteiger partial charge in [-0.3, -0.25) is 4.79 Å². The Kier molecular flexibility index (Phi) is 5.90. The first-order valence-corrected chi connectivity index (χ1v) is 12.6. The van der Waals surface area contributed by atoms with Gasteiger partial charge in [0.15, 0.2) is 0 Å². The van der Waals surface area contributed by atoms with E-state index in [9.17, 15) is 13.2 Å². The molecule has 33 heavy (non-hydrogen) atoms. The van der Waals surface area contributed by atoms with Crippen molar-refractivity contribution in [3.8, 4) is 5.75 Å². The number of nitrogens with one attached hydrogen (secondary N) is 2. The summed E-state index contributed by atoms with van der Waals surface area (Å²) in [7, 11) is -1.97. The van der Waals surface area contributed by atoms with Gasteiger partial charge in [0.2, 0.25) is 10.0 Å². The topological polar surface area (TPSA) is 108 Å². The highest BCUT2D eigenvalue weighted by Crippen LogP contribution is 2.35. The van der Waals surface area contributed by atoms with Gasteiger partial charge in [0.05, 0.1) is 20.3 Å². The maximum atomic E-state index is 13.0. The lowest BCUT2D eigenvalue weighted by Crippen LogP contribution is -2.40. The van der Waals surface area contributed by atoms with Crippen LogP contribution in [0.5, 0.6) is 5.75 Å². The van der Waals surface area contributed by atoms with Crippen LogP contribution < -0.4 is 4.74 Å². The average Bonchev–Trinajstić information content (AvgIpc) is 3.52. The number of hydrogen-bond acceptors (Lipinski definition) is 5. The number of methoxy groups -OCH3 is 1. The van der Waals surface area contributed by atoms with Gasteiger partial charge >= 0.3 is 0 Å². The summed E-state index contributed by atoms with van der Waals surface area (Å²) in [6.07, 6.45) is 5.15. The second-order valence-electron chi connectivity index (χ2n) is 8.49. The van der Waals surface area contributed by atoms with Crippen molar-refractivity contribution in [1.29, 1.82) is 0 Å². The van der Waals surface area contributed by atoms with E-state index in [1.54, 1.807) is 12.0 Å². The second-order valence-corrected chi connectivity index (χ2v) is 10.4. The predicted octanol–water partition coefficient (Wildman–Crippen LogP) is 2.55. The molecule has 2 saturated heterocycles. The van der Waals surface area contributed by atoms with E-state index in [-0.39, 0.29) is 10.8 Å². The summed E-state index contributed by atoms with van der Waals surface area (Å²) in [4.78, 5) is 21.2. The fraction of sp³-hybridized carbons (Fsp3) is 0.435. The highest BCUT2D eigenvalue weighted by molar-refractivity contribution is 7.89. The van der Waals surface area contributed by atoms with E-state index in [0.29, 0.717) is 51.0 Å². The lowest BCUT2D eigenvalue weighted by atomic mass is 9.89. The van der Waals surface area contributed by atoms with Crippen LogP contribution in [0, 0.1) is 0 Å². The van der Waals surface area contributed by atoms with E-state index in [1.807, 2.05) is 18.2 Å². The molecule has 2 fully saturated rings. The quantitative estimate of drug-likeness (QED) is 0.593. The number of likely N-dealkylation sites (tertiary alicyclic amines) is 1. The van der Waals surface area contributed by atoms with Gasteiger partial charge in [0, 0.05) is 49.5 Å². The zero-order chi connectivity index (χ0) is 23.0. The number of morpholine rings is 1. The van der Waals surface area contributed by atoms with Crippen LogP contribution in [0.2, 0.25) is 0 Å². The van der Waals surface area contributed by atoms with E-state index < -0.39 is 10.0 Å². The molecule has 0 bridgehead atoms. The molecule has 0 saturated carbocycles. The molecule has 5 rings (SSSR count). The number of carbonyl (C=O) groups excluding carboxylic acids is 1. The molecule has 0 spiro atoms. The first kappa shape index (κ1) is 22.0. The minimum absolute atomic E-state index is 0.121. The first-order chi connectivity index (χ1) is 16.0. The van der Waals surface area contributed by atoms with Crippen LogP contribution >= 0.6 is 0 Å². The van der Waals surface area contributed by atoms with Crippen LogP contribution in [0.4, 0.5) is 0 Å². The van der Waals surface area contributed by atoms with Crippen LogP contribution in [-0.4, -0.2) is 80.0 Å². The number of benzene rings is 1. The minimum atomic E-state index is -3.63. The molecule has 2 N–H and O–H groups in total. The van der Waals surface area contributed by atoms with Gasteiger partial charge in [-0.15, -0.1) is 0 Å². The summed E-state index contributed by atoms with van der Waals surface area (Å²) in [6.45, 7) is 2.64. The molecule has 3 aromatic rings. The standard InChI is InChI=1S/C23H28N4O5S/c1-31-17-2-3-21-19(12-17)20(15-25-21)16-4-6-26(7-5-16)23(28)22-13-18(14-24-22)33(29,30)27-8-10-32-11-9-27/h2-3,12-16,24-25H,4-11H2,1H3. The Balaban J connectivity index is 1.26. The number of hydrogen-bond donors (Lipinski definition) is 2. The molecule has 0 radical (unpaired) electrons. The molecule has 1 amide bonds. The lowest BCUT2D eigenvalue weighted by Gasteiger charge is -2.31. The van der Waals surface area contributed by atoms with E-state index in [1.165, 1.54) is 22.1 Å². The number of fused-ring (bicyclic) bond motifs is 1. The van der Waals surface area contributed by atoms with Gasteiger partial charge in [0.25, 0.3) is 5.91 Å². The van der Waals surface area contributed by atoms with Crippen molar-refractivity contribution in [2.45, 2.75) is 23.7 Å². The van der Waals surface area contributed by atoms with Crippen molar-refractivity contribution in [2.24, 2.45) is 0 Å². The van der Waals surface area contributed by atoms with Gasteiger partial charge in [-0.1, -0.05) is 0 Å². The third kappa shape index (κ3) is 4.14. The molecular weight excluding hydrogens is 444 g/mol. The number of piperidine rings is 1. The zero-order valence-electron chi connectivity index (χ0n) is 18.5. The maximum absolute atomic E-state index is 13.0. The molecule has 2 aromatic heterocycles. The number of carbonyl (C=O) groups is 1. The smallest absolute Gasteiger partial charge is 0.270 e. The van der Waals surface area contributed by atoms with Crippen LogP contribution in [0.25, 0.3) is 10.9 Å². The summed E-state index contributed by atoms with van der Waals surface area (Å²) in [5, 5.41) is 1.15. The molecular formula is C23H28N4O5S. The zero-order valence-corrected chi connectivity index (χ0v) is 19.4. The summed E-state index contributed by atoms with van der Waals surface area (Å²) >= 11 is 0. The minimum Gasteiger partial charge on any atom is -0.497 e. The maximum Gasteiger partial charge on any atom is 0.270 e. The monoisotopic (exact) mass is 472 g/mol. The van der Waals surface area contributed by atoms with Crippen molar-refractivity contribution < 1.29 is 22.7 Å². The number of ether oxygens (including phenoxy) is 2. The number of rotatable bonds is 5. The normalized spacial score (nSPS) is 18.6. The molecule has 0 aliphatic carbocycles. The van der Waals surface area contributed by atoms with E-state index >= 15 is 0 Å². The number of aromatic nitrogens is 2.